The van der Waals surface area contributed by atoms with Gasteiger partial charge in [-0.2, -0.15) is 4.31 Å². The van der Waals surface area contributed by atoms with Gasteiger partial charge in [-0.1, -0.05) is 33.8 Å². The molecule has 30 heavy (non-hydrogen) atoms. The van der Waals surface area contributed by atoms with E-state index in [1.165, 1.54) is 22.6 Å². The van der Waals surface area contributed by atoms with Crippen LogP contribution in [0.3, 0.4) is 0 Å². The molecule has 1 N–H and O–H groups in total. The number of nitrogens with one attached hydrogen (secondary N) is 1. The molecule has 0 spiro atoms. The van der Waals surface area contributed by atoms with Gasteiger partial charge in [0.15, 0.2) is 0 Å². The molecule has 0 atom stereocenters. The molecular weight excluding hydrogens is 402 g/mol. The molecule has 0 aliphatic rings. The predicted octanol–water partition coefficient (Wildman–Crippen LogP) is 2.99. The predicted molar refractivity (Wildman–Crippen MR) is 120 cm³/mol. The summed E-state index contributed by atoms with van der Waals surface area (Å²) in [5.41, 5.74) is 0.0616. The number of aromatic nitrogens is 1. The largest absolute Gasteiger partial charge is 0.352 e. The molecule has 1 amide bonds. The van der Waals surface area contributed by atoms with Gasteiger partial charge in [0.2, 0.25) is 15.5 Å². The number of carbonyl (C=O) groups excluding carboxylic acids is 1. The molecule has 8 heteroatoms. The lowest BCUT2D eigenvalue weighted by molar-refractivity contribution is 0.0950. The van der Waals surface area contributed by atoms with E-state index in [1.807, 2.05) is 0 Å². The van der Waals surface area contributed by atoms with Crippen molar-refractivity contribution in [3.8, 4) is 0 Å². The topological polar surface area (TPSA) is 88.5 Å². The number of hydrogen-bond acceptors (Lipinski definition) is 4. The number of fused-ring (bicyclic) bond motifs is 1. The van der Waals surface area contributed by atoms with Gasteiger partial charge in [-0.3, -0.25) is 9.59 Å². The molecule has 0 unspecified atom stereocenters. The minimum absolute atomic E-state index is 0.00880. The minimum Gasteiger partial charge on any atom is -0.352 e. The minimum atomic E-state index is -3.73. The van der Waals surface area contributed by atoms with Crippen molar-refractivity contribution in [3.05, 3.63) is 52.8 Å². The summed E-state index contributed by atoms with van der Waals surface area (Å²) in [5, 5.41) is 2.98. The third-order valence-corrected chi connectivity index (χ3v) is 7.02. The van der Waals surface area contributed by atoms with Crippen molar-refractivity contribution in [1.29, 1.82) is 0 Å². The second-order valence-corrected chi connectivity index (χ2v) is 9.46. The van der Waals surface area contributed by atoms with E-state index in [1.54, 1.807) is 30.6 Å². The maximum Gasteiger partial charge on any atom is 0.256 e. The fourth-order valence-corrected chi connectivity index (χ4v) is 4.76. The van der Waals surface area contributed by atoms with Crippen LogP contribution in [-0.4, -0.2) is 42.8 Å². The van der Waals surface area contributed by atoms with E-state index in [0.29, 0.717) is 37.6 Å². The number of nitrogens with zero attached hydrogens (tertiary/aromatic N) is 2. The quantitative estimate of drug-likeness (QED) is 0.584. The van der Waals surface area contributed by atoms with Gasteiger partial charge in [-0.05, 0) is 30.5 Å². The molecule has 7 nitrogen and oxygen atoms in total. The monoisotopic (exact) mass is 433 g/mol. The lowest BCUT2D eigenvalue weighted by Crippen LogP contribution is -2.32. The number of carbonyl (C=O) groups is 1. The van der Waals surface area contributed by atoms with E-state index in [4.69, 9.17) is 0 Å². The van der Waals surface area contributed by atoms with Crippen molar-refractivity contribution in [2.24, 2.45) is 5.92 Å². The maximum atomic E-state index is 13.1. The molecule has 0 saturated carbocycles. The van der Waals surface area contributed by atoms with Crippen LogP contribution in [0.4, 0.5) is 0 Å². The Labute approximate surface area is 178 Å². The summed E-state index contributed by atoms with van der Waals surface area (Å²) in [6.45, 7) is 12.9. The molecule has 1 heterocycles. The van der Waals surface area contributed by atoms with Gasteiger partial charge in [0.05, 0.1) is 10.4 Å². The van der Waals surface area contributed by atoms with Crippen LogP contribution < -0.4 is 10.7 Å². The van der Waals surface area contributed by atoms with E-state index >= 15 is 0 Å². The van der Waals surface area contributed by atoms with Gasteiger partial charge >= 0.3 is 0 Å². The van der Waals surface area contributed by atoms with E-state index in [9.17, 15) is 18.0 Å². The number of allylic oxidation sites excluding steroid dienone is 1. The average Bonchev–Trinajstić information content (AvgIpc) is 2.70. The Balaban J connectivity index is 2.63. The van der Waals surface area contributed by atoms with E-state index in [0.717, 1.165) is 6.42 Å². The van der Waals surface area contributed by atoms with Crippen molar-refractivity contribution < 1.29 is 13.2 Å². The highest BCUT2D eigenvalue weighted by Gasteiger charge is 2.23. The smallest absolute Gasteiger partial charge is 0.256 e. The fraction of sp³-hybridized carbons (Fsp3) is 0.455. The normalized spacial score (nSPS) is 11.9. The number of sulfonamides is 1. The van der Waals surface area contributed by atoms with Crippen LogP contribution in [0, 0.1) is 5.92 Å². The van der Waals surface area contributed by atoms with Crippen molar-refractivity contribution in [2.75, 3.05) is 19.6 Å². The first-order valence-corrected chi connectivity index (χ1v) is 11.7. The summed E-state index contributed by atoms with van der Waals surface area (Å²) < 4.78 is 28.9. The molecule has 164 valence electrons. The Hall–Kier alpha value is -2.45. The SMILES string of the molecule is C=CCn1cc(C(=O)NCCC(C)C)c(=O)c2cc(S(=O)(=O)N(CC)CC)ccc21. The number of hydrogen-bond donors (Lipinski definition) is 1. The van der Waals surface area contributed by atoms with Gasteiger partial charge in [0, 0.05) is 37.8 Å². The van der Waals surface area contributed by atoms with Crippen LogP contribution in [-0.2, 0) is 16.6 Å². The Morgan fingerprint density at radius 3 is 2.50 bits per heavy atom. The van der Waals surface area contributed by atoms with E-state index < -0.39 is 21.4 Å². The average molecular weight is 434 g/mol. The summed E-state index contributed by atoms with van der Waals surface area (Å²) >= 11 is 0. The summed E-state index contributed by atoms with van der Waals surface area (Å²) in [6.07, 6.45) is 3.97. The number of rotatable bonds is 10. The van der Waals surface area contributed by atoms with Crippen LogP contribution in [0.1, 0.15) is 44.5 Å². The maximum absolute atomic E-state index is 13.1. The number of amides is 1. The molecule has 2 rings (SSSR count). The van der Waals surface area contributed by atoms with Crippen molar-refractivity contribution in [1.82, 2.24) is 14.2 Å². The summed E-state index contributed by atoms with van der Waals surface area (Å²) in [7, 11) is -3.73. The van der Waals surface area contributed by atoms with Crippen molar-refractivity contribution in [3.63, 3.8) is 0 Å². The van der Waals surface area contributed by atoms with Gasteiger partial charge < -0.3 is 9.88 Å². The summed E-state index contributed by atoms with van der Waals surface area (Å²) in [4.78, 5) is 25.8. The number of benzene rings is 1. The van der Waals surface area contributed by atoms with Crippen LogP contribution >= 0.6 is 0 Å². The first-order chi connectivity index (χ1) is 14.2. The Bertz CT molecular complexity index is 1080. The number of pyridine rings is 1. The van der Waals surface area contributed by atoms with Crippen molar-refractivity contribution in [2.45, 2.75) is 45.6 Å². The highest BCUT2D eigenvalue weighted by molar-refractivity contribution is 7.89. The molecule has 2 aromatic rings. The summed E-state index contributed by atoms with van der Waals surface area (Å²) in [5.74, 6) is -0.0375. The van der Waals surface area contributed by atoms with Crippen LogP contribution in [0.25, 0.3) is 10.9 Å². The highest BCUT2D eigenvalue weighted by Crippen LogP contribution is 2.21. The van der Waals surface area contributed by atoms with Gasteiger partial charge in [0.1, 0.15) is 5.56 Å². The molecule has 0 saturated heterocycles. The first kappa shape index (κ1) is 23.8. The zero-order valence-electron chi connectivity index (χ0n) is 18.1. The van der Waals surface area contributed by atoms with Gasteiger partial charge in [-0.15, -0.1) is 6.58 Å². The molecule has 0 aliphatic carbocycles. The first-order valence-electron chi connectivity index (χ1n) is 10.2. The molecule has 0 aliphatic heterocycles. The third-order valence-electron chi connectivity index (χ3n) is 4.97. The van der Waals surface area contributed by atoms with Crippen LogP contribution in [0.2, 0.25) is 0 Å². The van der Waals surface area contributed by atoms with Crippen LogP contribution in [0.5, 0.6) is 0 Å². The van der Waals surface area contributed by atoms with Crippen LogP contribution in [0.15, 0.2) is 46.7 Å². The Morgan fingerprint density at radius 1 is 1.27 bits per heavy atom. The Morgan fingerprint density at radius 2 is 1.93 bits per heavy atom. The Kier molecular flexibility index (Phi) is 7.97. The second-order valence-electron chi connectivity index (χ2n) is 7.52. The molecular formula is C22H31N3O4S. The highest BCUT2D eigenvalue weighted by atomic mass is 32.2. The zero-order chi connectivity index (χ0) is 22.5. The van der Waals surface area contributed by atoms with Gasteiger partial charge in [-0.25, -0.2) is 8.42 Å². The lowest BCUT2D eigenvalue weighted by atomic mass is 10.1. The van der Waals surface area contributed by atoms with E-state index in [2.05, 4.69) is 25.7 Å². The summed E-state index contributed by atoms with van der Waals surface area (Å²) in [6, 6.07) is 4.48. The fourth-order valence-electron chi connectivity index (χ4n) is 3.27. The zero-order valence-corrected chi connectivity index (χ0v) is 19.0. The molecule has 1 aromatic carbocycles. The van der Waals surface area contributed by atoms with E-state index in [-0.39, 0.29) is 15.8 Å². The van der Waals surface area contributed by atoms with Crippen molar-refractivity contribution >= 4 is 26.8 Å². The standard InChI is InChI=1S/C22H31N3O4S/c1-6-13-24-15-19(22(27)23-12-11-16(4)5)21(26)18-14-17(9-10-20(18)24)30(28,29)25(7-2)8-3/h6,9-10,14-16H,1,7-8,11-13H2,2-5H3,(H,23,27). The van der Waals surface area contributed by atoms with Gasteiger partial charge in [0.25, 0.3) is 5.91 Å². The molecule has 1 aromatic heterocycles. The molecule has 0 radical (unpaired) electrons. The third kappa shape index (κ3) is 4.99. The molecule has 0 fully saturated rings. The molecule has 0 bridgehead atoms. The second kappa shape index (κ2) is 10.0. The lowest BCUT2D eigenvalue weighted by Gasteiger charge is -2.19.